The Morgan fingerprint density at radius 3 is 2.95 bits per heavy atom. The molecule has 0 amide bonds. The Labute approximate surface area is 123 Å². The molecule has 106 valence electrons. The van der Waals surface area contributed by atoms with Crippen LogP contribution in [0.2, 0.25) is 0 Å². The fourth-order valence-corrected chi connectivity index (χ4v) is 2.18. The molecular weight excluding hydrogens is 262 g/mol. The summed E-state index contributed by atoms with van der Waals surface area (Å²) in [6, 6.07) is 10.1. The van der Waals surface area contributed by atoms with Crippen molar-refractivity contribution in [2.75, 3.05) is 11.9 Å². The lowest BCUT2D eigenvalue weighted by Crippen LogP contribution is -2.18. The van der Waals surface area contributed by atoms with Gasteiger partial charge in [0.2, 0.25) is 5.95 Å². The lowest BCUT2D eigenvalue weighted by Gasteiger charge is -2.06. The van der Waals surface area contributed by atoms with E-state index in [0.29, 0.717) is 5.95 Å². The minimum absolute atomic E-state index is 0.680. The second-order valence-electron chi connectivity index (χ2n) is 4.69. The Kier molecular flexibility index (Phi) is 3.55. The molecule has 21 heavy (non-hydrogen) atoms. The largest absolute Gasteiger partial charge is 0.372 e. The van der Waals surface area contributed by atoms with E-state index in [1.165, 1.54) is 0 Å². The van der Waals surface area contributed by atoms with Gasteiger partial charge in [0.15, 0.2) is 0 Å². The van der Waals surface area contributed by atoms with E-state index >= 15 is 0 Å². The molecule has 0 saturated carbocycles. The first kappa shape index (κ1) is 13.2. The van der Waals surface area contributed by atoms with Crippen LogP contribution in [0.1, 0.15) is 6.92 Å². The SMILES string of the molecule is C=C(NCC)Nc1nc2ccc(-c3cccnc3)cc2[nH]1. The Morgan fingerprint density at radius 2 is 2.19 bits per heavy atom. The van der Waals surface area contributed by atoms with E-state index in [1.807, 2.05) is 37.4 Å². The Bertz CT molecular complexity index is 761. The van der Waals surface area contributed by atoms with Crippen molar-refractivity contribution in [3.8, 4) is 11.1 Å². The summed E-state index contributed by atoms with van der Waals surface area (Å²) in [6.45, 7) is 6.72. The van der Waals surface area contributed by atoms with Crippen LogP contribution in [0, 0.1) is 0 Å². The van der Waals surface area contributed by atoms with Gasteiger partial charge in [-0.15, -0.1) is 0 Å². The summed E-state index contributed by atoms with van der Waals surface area (Å²) >= 11 is 0. The summed E-state index contributed by atoms with van der Waals surface area (Å²) in [5.41, 5.74) is 4.08. The van der Waals surface area contributed by atoms with Crippen LogP contribution in [0.25, 0.3) is 22.2 Å². The van der Waals surface area contributed by atoms with E-state index in [4.69, 9.17) is 0 Å². The first-order valence-corrected chi connectivity index (χ1v) is 6.86. The third-order valence-corrected chi connectivity index (χ3v) is 3.14. The van der Waals surface area contributed by atoms with E-state index in [9.17, 15) is 0 Å². The Balaban J connectivity index is 1.90. The van der Waals surface area contributed by atoms with E-state index in [-0.39, 0.29) is 0 Å². The normalized spacial score (nSPS) is 10.5. The van der Waals surface area contributed by atoms with Crippen molar-refractivity contribution < 1.29 is 0 Å². The van der Waals surface area contributed by atoms with Crippen LogP contribution in [0.4, 0.5) is 5.95 Å². The van der Waals surface area contributed by atoms with Crippen LogP contribution in [-0.4, -0.2) is 21.5 Å². The van der Waals surface area contributed by atoms with Gasteiger partial charge in [-0.3, -0.25) is 4.98 Å². The molecule has 0 fully saturated rings. The number of aromatic nitrogens is 3. The van der Waals surface area contributed by atoms with Crippen LogP contribution >= 0.6 is 0 Å². The number of nitrogens with zero attached hydrogens (tertiary/aromatic N) is 2. The number of hydrogen-bond acceptors (Lipinski definition) is 4. The third-order valence-electron chi connectivity index (χ3n) is 3.14. The van der Waals surface area contributed by atoms with Gasteiger partial charge in [0, 0.05) is 24.5 Å². The number of anilines is 1. The van der Waals surface area contributed by atoms with Gasteiger partial charge in [-0.25, -0.2) is 4.98 Å². The number of fused-ring (bicyclic) bond motifs is 1. The van der Waals surface area contributed by atoms with Crippen LogP contribution in [0.3, 0.4) is 0 Å². The second kappa shape index (κ2) is 5.66. The zero-order valence-electron chi connectivity index (χ0n) is 11.9. The van der Waals surface area contributed by atoms with Gasteiger partial charge in [0.05, 0.1) is 16.9 Å². The molecule has 5 nitrogen and oxygen atoms in total. The molecular formula is C16H17N5. The molecule has 0 saturated heterocycles. The van der Waals surface area contributed by atoms with Crippen LogP contribution in [0.5, 0.6) is 0 Å². The summed E-state index contributed by atoms with van der Waals surface area (Å²) < 4.78 is 0. The summed E-state index contributed by atoms with van der Waals surface area (Å²) in [7, 11) is 0. The van der Waals surface area contributed by atoms with Gasteiger partial charge >= 0.3 is 0 Å². The van der Waals surface area contributed by atoms with Crippen LogP contribution in [-0.2, 0) is 0 Å². The van der Waals surface area contributed by atoms with Gasteiger partial charge in [0.1, 0.15) is 0 Å². The molecule has 0 aliphatic heterocycles. The van der Waals surface area contributed by atoms with Crippen molar-refractivity contribution in [3.63, 3.8) is 0 Å². The van der Waals surface area contributed by atoms with Crippen molar-refractivity contribution in [2.45, 2.75) is 6.92 Å². The van der Waals surface area contributed by atoms with Gasteiger partial charge in [0.25, 0.3) is 0 Å². The van der Waals surface area contributed by atoms with E-state index in [0.717, 1.165) is 34.5 Å². The van der Waals surface area contributed by atoms with Crippen LogP contribution in [0.15, 0.2) is 55.1 Å². The lowest BCUT2D eigenvalue weighted by atomic mass is 10.1. The standard InChI is InChI=1S/C16H17N5/c1-3-18-11(2)19-16-20-14-7-6-12(9-15(14)21-16)13-5-4-8-17-10-13/h4-10,18H,2-3H2,1H3,(H2,19,20,21). The smallest absolute Gasteiger partial charge is 0.206 e. The third kappa shape index (κ3) is 2.86. The summed E-state index contributed by atoms with van der Waals surface area (Å²) in [5.74, 6) is 1.41. The minimum Gasteiger partial charge on any atom is -0.372 e. The summed E-state index contributed by atoms with van der Waals surface area (Å²) in [4.78, 5) is 11.9. The minimum atomic E-state index is 0.680. The number of imidazole rings is 1. The zero-order chi connectivity index (χ0) is 14.7. The molecule has 3 rings (SSSR count). The molecule has 3 N–H and O–H groups in total. The molecule has 0 unspecified atom stereocenters. The molecule has 0 spiro atoms. The number of aromatic amines is 1. The Hall–Kier alpha value is -2.82. The molecule has 0 aliphatic rings. The van der Waals surface area contributed by atoms with Gasteiger partial charge in [-0.05, 0) is 30.7 Å². The predicted molar refractivity (Wildman–Crippen MR) is 85.8 cm³/mol. The maximum Gasteiger partial charge on any atom is 0.206 e. The average molecular weight is 279 g/mol. The van der Waals surface area contributed by atoms with Crippen molar-refractivity contribution in [2.24, 2.45) is 0 Å². The molecule has 2 heterocycles. The molecule has 0 atom stereocenters. The van der Waals surface area contributed by atoms with Crippen molar-refractivity contribution in [1.29, 1.82) is 0 Å². The number of H-pyrrole nitrogens is 1. The highest BCUT2D eigenvalue weighted by Gasteiger charge is 2.05. The van der Waals surface area contributed by atoms with Gasteiger partial charge < -0.3 is 15.6 Å². The first-order chi connectivity index (χ1) is 10.3. The number of nitrogens with one attached hydrogen (secondary N) is 3. The predicted octanol–water partition coefficient (Wildman–Crippen LogP) is 3.12. The molecule has 0 bridgehead atoms. The lowest BCUT2D eigenvalue weighted by molar-refractivity contribution is 0.860. The highest BCUT2D eigenvalue weighted by Crippen LogP contribution is 2.23. The highest BCUT2D eigenvalue weighted by atomic mass is 15.2. The second-order valence-corrected chi connectivity index (χ2v) is 4.69. The zero-order valence-corrected chi connectivity index (χ0v) is 11.9. The van der Waals surface area contributed by atoms with E-state index < -0.39 is 0 Å². The van der Waals surface area contributed by atoms with E-state index in [2.05, 4.69) is 38.2 Å². The maximum absolute atomic E-state index is 4.49. The first-order valence-electron chi connectivity index (χ1n) is 6.86. The molecule has 1 aromatic carbocycles. The van der Waals surface area contributed by atoms with Crippen LogP contribution < -0.4 is 10.6 Å². The Morgan fingerprint density at radius 1 is 1.29 bits per heavy atom. The van der Waals surface area contributed by atoms with Crippen molar-refractivity contribution >= 4 is 17.0 Å². The van der Waals surface area contributed by atoms with Crippen molar-refractivity contribution in [1.82, 2.24) is 20.3 Å². The molecule has 2 aromatic heterocycles. The average Bonchev–Trinajstić information content (AvgIpc) is 2.89. The fraction of sp³-hybridized carbons (Fsp3) is 0.125. The van der Waals surface area contributed by atoms with Crippen molar-refractivity contribution in [3.05, 3.63) is 55.1 Å². The fourth-order valence-electron chi connectivity index (χ4n) is 2.18. The topological polar surface area (TPSA) is 65.6 Å². The number of pyridine rings is 1. The molecule has 0 aliphatic carbocycles. The van der Waals surface area contributed by atoms with Gasteiger partial charge in [-0.2, -0.15) is 0 Å². The quantitative estimate of drug-likeness (QED) is 0.671. The monoisotopic (exact) mass is 279 g/mol. The molecule has 0 radical (unpaired) electrons. The summed E-state index contributed by atoms with van der Waals surface area (Å²) in [6.07, 6.45) is 3.62. The molecule has 3 aromatic rings. The molecule has 5 heteroatoms. The number of benzene rings is 1. The summed E-state index contributed by atoms with van der Waals surface area (Å²) in [5, 5.41) is 6.21. The highest BCUT2D eigenvalue weighted by molar-refractivity contribution is 5.83. The number of rotatable bonds is 5. The van der Waals surface area contributed by atoms with E-state index in [1.54, 1.807) is 6.20 Å². The van der Waals surface area contributed by atoms with Gasteiger partial charge in [-0.1, -0.05) is 18.7 Å². The number of hydrogen-bond donors (Lipinski definition) is 3. The maximum atomic E-state index is 4.49.